The Morgan fingerprint density at radius 2 is 2.33 bits per heavy atom. The Hall–Kier alpha value is -1.92. The summed E-state index contributed by atoms with van der Waals surface area (Å²) < 4.78 is 14.9. The molecule has 0 saturated heterocycles. The lowest BCUT2D eigenvalue weighted by atomic mass is 10.4. The normalized spacial score (nSPS) is 14.3. The van der Waals surface area contributed by atoms with Gasteiger partial charge in [0.05, 0.1) is 0 Å². The highest BCUT2D eigenvalue weighted by Crippen LogP contribution is 2.30. The fourth-order valence-electron chi connectivity index (χ4n) is 1.58. The molecule has 0 aliphatic heterocycles. The van der Waals surface area contributed by atoms with Crippen LogP contribution in [-0.4, -0.2) is 22.1 Å². The van der Waals surface area contributed by atoms with Crippen molar-refractivity contribution in [3.8, 4) is 0 Å². The first kappa shape index (κ1) is 12.5. The van der Waals surface area contributed by atoms with Crippen molar-refractivity contribution in [2.45, 2.75) is 26.3 Å². The van der Waals surface area contributed by atoms with Gasteiger partial charge in [-0.2, -0.15) is 4.98 Å². The molecule has 0 atom stereocenters. The molecule has 2 rings (SSSR count). The van der Waals surface area contributed by atoms with Gasteiger partial charge in [0.2, 0.25) is 0 Å². The molecule has 1 aromatic heterocycles. The Morgan fingerprint density at radius 1 is 1.61 bits per heavy atom. The van der Waals surface area contributed by atoms with Gasteiger partial charge in [0.25, 0.3) is 0 Å². The molecule has 1 aromatic rings. The molecule has 1 aliphatic rings. The summed E-state index contributed by atoms with van der Waals surface area (Å²) in [5, 5.41) is 4.63. The van der Waals surface area contributed by atoms with Gasteiger partial charge in [-0.1, -0.05) is 0 Å². The lowest BCUT2D eigenvalue weighted by molar-refractivity contribution is 0.252. The van der Waals surface area contributed by atoms with E-state index in [-0.39, 0.29) is 5.82 Å². The van der Waals surface area contributed by atoms with E-state index in [0.29, 0.717) is 19.0 Å². The van der Waals surface area contributed by atoms with E-state index >= 15 is 0 Å². The van der Waals surface area contributed by atoms with E-state index in [4.69, 9.17) is 0 Å². The van der Waals surface area contributed by atoms with Gasteiger partial charge in [0.1, 0.15) is 0 Å². The quantitative estimate of drug-likeness (QED) is 0.839. The van der Waals surface area contributed by atoms with Crippen LogP contribution in [0.2, 0.25) is 0 Å². The Morgan fingerprint density at radius 3 is 2.94 bits per heavy atom. The average molecular weight is 254 g/mol. The first-order valence-corrected chi connectivity index (χ1v) is 5.92. The number of anilines is 1. The lowest BCUT2D eigenvalue weighted by Gasteiger charge is -2.08. The number of carbonyl (C=O) groups excluding carboxylic acids is 1. The van der Waals surface area contributed by atoms with Gasteiger partial charge in [-0.05, 0) is 25.7 Å². The molecule has 0 radical (unpaired) electrons. The van der Waals surface area contributed by atoms with Crippen molar-refractivity contribution in [1.29, 1.82) is 0 Å². The highest BCUT2D eigenvalue weighted by atomic mass is 19.1. The van der Waals surface area contributed by atoms with E-state index in [1.807, 2.05) is 0 Å². The third-order valence-corrected chi connectivity index (χ3v) is 2.67. The Labute approximate surface area is 103 Å². The van der Waals surface area contributed by atoms with Crippen LogP contribution < -0.4 is 16.3 Å². The van der Waals surface area contributed by atoms with Gasteiger partial charge in [-0.3, -0.25) is 9.88 Å². The molecule has 1 fully saturated rings. The number of carbonyl (C=O) groups is 1. The molecular formula is C11H15FN4O2. The van der Waals surface area contributed by atoms with Crippen LogP contribution in [0.25, 0.3) is 0 Å². The highest BCUT2D eigenvalue weighted by molar-refractivity contribution is 5.88. The third kappa shape index (κ3) is 3.06. The molecule has 6 nitrogen and oxygen atoms in total. The van der Waals surface area contributed by atoms with Crippen molar-refractivity contribution in [2.24, 2.45) is 5.92 Å². The summed E-state index contributed by atoms with van der Waals surface area (Å²) in [5.74, 6) is -0.592. The van der Waals surface area contributed by atoms with Crippen molar-refractivity contribution in [3.63, 3.8) is 0 Å². The van der Waals surface area contributed by atoms with E-state index < -0.39 is 17.5 Å². The van der Waals surface area contributed by atoms with E-state index in [9.17, 15) is 14.0 Å². The molecule has 7 heteroatoms. The second-order valence-electron chi connectivity index (χ2n) is 4.30. The molecule has 1 heterocycles. The number of rotatable bonds is 4. The van der Waals surface area contributed by atoms with E-state index in [1.54, 1.807) is 6.92 Å². The number of amides is 2. The van der Waals surface area contributed by atoms with E-state index in [0.717, 1.165) is 19.0 Å². The largest absolute Gasteiger partial charge is 0.349 e. The maximum atomic E-state index is 13.6. The van der Waals surface area contributed by atoms with Crippen LogP contribution in [0.15, 0.2) is 11.0 Å². The van der Waals surface area contributed by atoms with Gasteiger partial charge in [-0.25, -0.2) is 14.0 Å². The zero-order valence-corrected chi connectivity index (χ0v) is 10.1. The Bertz CT molecular complexity index is 510. The molecule has 0 aromatic carbocycles. The fraction of sp³-hybridized carbons (Fsp3) is 0.545. The fourth-order valence-corrected chi connectivity index (χ4v) is 1.58. The van der Waals surface area contributed by atoms with Crippen molar-refractivity contribution in [2.75, 3.05) is 11.9 Å². The molecule has 18 heavy (non-hydrogen) atoms. The van der Waals surface area contributed by atoms with Crippen LogP contribution >= 0.6 is 0 Å². The number of nitrogens with one attached hydrogen (secondary N) is 2. The summed E-state index contributed by atoms with van der Waals surface area (Å²) in [7, 11) is 0. The second-order valence-corrected chi connectivity index (χ2v) is 4.30. The Balaban J connectivity index is 2.14. The van der Waals surface area contributed by atoms with Gasteiger partial charge >= 0.3 is 11.7 Å². The maximum absolute atomic E-state index is 13.6. The molecule has 0 spiro atoms. The van der Waals surface area contributed by atoms with Crippen LogP contribution in [0.4, 0.5) is 15.0 Å². The van der Waals surface area contributed by atoms with Gasteiger partial charge in [-0.15, -0.1) is 0 Å². The van der Waals surface area contributed by atoms with Gasteiger partial charge < -0.3 is 5.32 Å². The van der Waals surface area contributed by atoms with E-state index in [1.165, 1.54) is 4.57 Å². The highest BCUT2D eigenvalue weighted by Gasteiger charge is 2.23. The molecule has 2 amide bonds. The van der Waals surface area contributed by atoms with Crippen LogP contribution in [0.3, 0.4) is 0 Å². The van der Waals surface area contributed by atoms with Crippen molar-refractivity contribution in [1.82, 2.24) is 14.9 Å². The third-order valence-electron chi connectivity index (χ3n) is 2.67. The minimum atomic E-state index is -0.707. The summed E-state index contributed by atoms with van der Waals surface area (Å²) in [4.78, 5) is 26.4. The van der Waals surface area contributed by atoms with Crippen LogP contribution in [0, 0.1) is 11.7 Å². The molecule has 1 aliphatic carbocycles. The first-order chi connectivity index (χ1) is 8.60. The number of hydrogen-bond donors (Lipinski definition) is 2. The summed E-state index contributed by atoms with van der Waals surface area (Å²) >= 11 is 0. The van der Waals surface area contributed by atoms with Gasteiger partial charge in [0.15, 0.2) is 11.6 Å². The number of halogens is 1. The second kappa shape index (κ2) is 5.16. The van der Waals surface area contributed by atoms with E-state index in [2.05, 4.69) is 15.6 Å². The molecule has 0 bridgehead atoms. The van der Waals surface area contributed by atoms with Crippen LogP contribution in [-0.2, 0) is 6.54 Å². The number of urea groups is 1. The smallest absolute Gasteiger partial charge is 0.338 e. The predicted molar refractivity (Wildman–Crippen MR) is 63.9 cm³/mol. The topological polar surface area (TPSA) is 76.0 Å². The summed E-state index contributed by atoms with van der Waals surface area (Å²) in [6.45, 7) is 2.63. The number of hydrogen-bond acceptors (Lipinski definition) is 3. The average Bonchev–Trinajstić information content (AvgIpc) is 3.09. The summed E-state index contributed by atoms with van der Waals surface area (Å²) in [6, 6.07) is -0.580. The zero-order valence-electron chi connectivity index (χ0n) is 10.1. The van der Waals surface area contributed by atoms with Crippen LogP contribution in [0.1, 0.15) is 19.8 Å². The minimum Gasteiger partial charge on any atom is -0.338 e. The van der Waals surface area contributed by atoms with Crippen molar-refractivity contribution >= 4 is 11.8 Å². The minimum absolute atomic E-state index is 0.335. The number of nitrogens with zero attached hydrogens (tertiary/aromatic N) is 2. The maximum Gasteiger partial charge on any atom is 0.349 e. The van der Waals surface area contributed by atoms with Gasteiger partial charge in [0, 0.05) is 19.3 Å². The predicted octanol–water partition coefficient (Wildman–Crippen LogP) is 0.934. The first-order valence-electron chi connectivity index (χ1n) is 5.92. The Kier molecular flexibility index (Phi) is 3.59. The van der Waals surface area contributed by atoms with Crippen molar-refractivity contribution in [3.05, 3.63) is 22.5 Å². The molecule has 0 unspecified atom stereocenters. The standard InChI is InChI=1S/C11H15FN4O2/c1-2-13-10(17)14-9-8(12)6-16(11(18)15-9)5-7-3-4-7/h6-7H,2-5H2,1H3,(H2,13,14,15,17,18). The summed E-state index contributed by atoms with van der Waals surface area (Å²) in [5.41, 5.74) is -0.546. The zero-order chi connectivity index (χ0) is 13.1. The summed E-state index contributed by atoms with van der Waals surface area (Å²) in [6.07, 6.45) is 3.22. The monoisotopic (exact) mass is 254 g/mol. The molecule has 98 valence electrons. The van der Waals surface area contributed by atoms with Crippen molar-refractivity contribution < 1.29 is 9.18 Å². The molecular weight excluding hydrogens is 239 g/mol. The van der Waals surface area contributed by atoms with Crippen LogP contribution in [0.5, 0.6) is 0 Å². The SMILES string of the molecule is CCNC(=O)Nc1nc(=O)n(CC2CC2)cc1F. The number of aromatic nitrogens is 2. The molecule has 1 saturated carbocycles. The lowest BCUT2D eigenvalue weighted by Crippen LogP contribution is -2.32. The molecule has 2 N–H and O–H groups in total.